The van der Waals surface area contributed by atoms with Crippen LogP contribution in [0.15, 0.2) is 42.5 Å². The number of halogens is 1. The molecule has 108 valence electrons. The van der Waals surface area contributed by atoms with Crippen molar-refractivity contribution in [2.45, 2.75) is 32.1 Å². The third kappa shape index (κ3) is 2.81. The summed E-state index contributed by atoms with van der Waals surface area (Å²) in [5.41, 5.74) is 4.18. The number of carbonyl (C=O) groups excluding carboxylic acids is 1. The molecule has 0 saturated carbocycles. The van der Waals surface area contributed by atoms with Gasteiger partial charge in [0.2, 0.25) is 5.91 Å². The first-order valence-corrected chi connectivity index (χ1v) is 7.68. The predicted molar refractivity (Wildman–Crippen MR) is 86.9 cm³/mol. The van der Waals surface area contributed by atoms with Gasteiger partial charge in [-0.1, -0.05) is 41.9 Å². The first-order chi connectivity index (χ1) is 10.2. The molecule has 1 N–H and O–H groups in total. The van der Waals surface area contributed by atoms with Crippen LogP contribution in [0.2, 0.25) is 5.02 Å². The molecular weight excluding hydrogens is 282 g/mol. The van der Waals surface area contributed by atoms with Crippen LogP contribution in [0.5, 0.6) is 0 Å². The smallest absolute Gasteiger partial charge is 0.231 e. The molecule has 0 radical (unpaired) electrons. The highest BCUT2D eigenvalue weighted by Gasteiger charge is 2.26. The molecule has 3 rings (SSSR count). The van der Waals surface area contributed by atoms with Crippen LogP contribution in [0.4, 0.5) is 5.69 Å². The van der Waals surface area contributed by atoms with Crippen LogP contribution in [0.1, 0.15) is 35.4 Å². The zero-order valence-corrected chi connectivity index (χ0v) is 12.8. The molecule has 1 atom stereocenters. The minimum Gasteiger partial charge on any atom is -0.325 e. The van der Waals surface area contributed by atoms with Gasteiger partial charge in [-0.25, -0.2) is 0 Å². The Kier molecular flexibility index (Phi) is 3.98. The normalized spacial score (nSPS) is 17.1. The summed E-state index contributed by atoms with van der Waals surface area (Å²) in [6.07, 6.45) is 3.03. The number of fused-ring (bicyclic) bond motifs is 1. The topological polar surface area (TPSA) is 29.1 Å². The molecule has 0 heterocycles. The number of anilines is 1. The van der Waals surface area contributed by atoms with Gasteiger partial charge >= 0.3 is 0 Å². The van der Waals surface area contributed by atoms with E-state index in [0.717, 1.165) is 30.5 Å². The Bertz CT molecular complexity index is 681. The number of aryl methyl sites for hydroxylation is 1. The zero-order chi connectivity index (χ0) is 14.8. The highest BCUT2D eigenvalue weighted by Crippen LogP contribution is 2.33. The zero-order valence-electron chi connectivity index (χ0n) is 12.0. The first kappa shape index (κ1) is 14.2. The average molecular weight is 300 g/mol. The van der Waals surface area contributed by atoms with Crippen molar-refractivity contribution in [2.75, 3.05) is 5.32 Å². The van der Waals surface area contributed by atoms with Gasteiger partial charge in [-0.3, -0.25) is 4.79 Å². The molecule has 0 spiro atoms. The lowest BCUT2D eigenvalue weighted by molar-refractivity contribution is -0.117. The van der Waals surface area contributed by atoms with E-state index in [1.54, 1.807) is 0 Å². The maximum Gasteiger partial charge on any atom is 0.231 e. The van der Waals surface area contributed by atoms with Gasteiger partial charge in [-0.15, -0.1) is 0 Å². The first-order valence-electron chi connectivity index (χ1n) is 7.30. The van der Waals surface area contributed by atoms with E-state index in [-0.39, 0.29) is 11.8 Å². The van der Waals surface area contributed by atoms with Gasteiger partial charge in [0.15, 0.2) is 0 Å². The molecule has 1 aliphatic rings. The second-order valence-electron chi connectivity index (χ2n) is 5.55. The van der Waals surface area contributed by atoms with Gasteiger partial charge in [0, 0.05) is 10.7 Å². The summed E-state index contributed by atoms with van der Waals surface area (Å²) >= 11 is 6.11. The van der Waals surface area contributed by atoms with Gasteiger partial charge in [-0.2, -0.15) is 0 Å². The standard InChI is InChI=1S/C18H18ClNO/c1-12-16(19)10-5-11-17(12)20-18(21)15-9-4-7-13-6-2-3-8-14(13)15/h2-3,5-6,8,10-11,15H,4,7,9H2,1H3,(H,20,21). The molecule has 0 bridgehead atoms. The Morgan fingerprint density at radius 3 is 2.86 bits per heavy atom. The molecule has 1 aliphatic carbocycles. The molecule has 1 amide bonds. The van der Waals surface area contributed by atoms with Crippen LogP contribution in [0, 0.1) is 6.92 Å². The lowest BCUT2D eigenvalue weighted by Crippen LogP contribution is -2.25. The van der Waals surface area contributed by atoms with E-state index in [0.29, 0.717) is 5.02 Å². The summed E-state index contributed by atoms with van der Waals surface area (Å²) in [5.74, 6) is 0.000785. The molecule has 0 fully saturated rings. The monoisotopic (exact) mass is 299 g/mol. The third-order valence-corrected chi connectivity index (χ3v) is 4.62. The fourth-order valence-electron chi connectivity index (χ4n) is 2.99. The minimum atomic E-state index is -0.0617. The average Bonchev–Trinajstić information content (AvgIpc) is 2.51. The molecule has 3 heteroatoms. The van der Waals surface area contributed by atoms with Crippen LogP contribution in [-0.2, 0) is 11.2 Å². The van der Waals surface area contributed by atoms with Crippen molar-refractivity contribution in [3.05, 3.63) is 64.2 Å². The summed E-state index contributed by atoms with van der Waals surface area (Å²) < 4.78 is 0. The summed E-state index contributed by atoms with van der Waals surface area (Å²) in [5, 5.41) is 3.72. The molecule has 1 unspecified atom stereocenters. The molecule has 2 nitrogen and oxygen atoms in total. The number of hydrogen-bond donors (Lipinski definition) is 1. The Morgan fingerprint density at radius 2 is 2.00 bits per heavy atom. The van der Waals surface area contributed by atoms with E-state index in [1.165, 1.54) is 11.1 Å². The quantitative estimate of drug-likeness (QED) is 0.855. The Labute approximate surface area is 130 Å². The second-order valence-corrected chi connectivity index (χ2v) is 5.95. The number of hydrogen-bond acceptors (Lipinski definition) is 1. The van der Waals surface area contributed by atoms with Crippen molar-refractivity contribution < 1.29 is 4.79 Å². The second kappa shape index (κ2) is 5.90. The van der Waals surface area contributed by atoms with E-state index in [2.05, 4.69) is 17.4 Å². The fraction of sp³-hybridized carbons (Fsp3) is 0.278. The van der Waals surface area contributed by atoms with Gasteiger partial charge < -0.3 is 5.32 Å². The Morgan fingerprint density at radius 1 is 1.19 bits per heavy atom. The van der Waals surface area contributed by atoms with E-state index in [9.17, 15) is 4.79 Å². The van der Waals surface area contributed by atoms with E-state index in [4.69, 9.17) is 11.6 Å². The van der Waals surface area contributed by atoms with Gasteiger partial charge in [0.1, 0.15) is 0 Å². The number of benzene rings is 2. The highest BCUT2D eigenvalue weighted by molar-refractivity contribution is 6.31. The van der Waals surface area contributed by atoms with Crippen molar-refractivity contribution in [1.29, 1.82) is 0 Å². The lowest BCUT2D eigenvalue weighted by Gasteiger charge is -2.25. The fourth-order valence-corrected chi connectivity index (χ4v) is 3.16. The van der Waals surface area contributed by atoms with Crippen LogP contribution < -0.4 is 5.32 Å². The molecule has 0 aromatic heterocycles. The van der Waals surface area contributed by atoms with E-state index < -0.39 is 0 Å². The predicted octanol–water partition coefficient (Wildman–Crippen LogP) is 4.71. The van der Waals surface area contributed by atoms with Crippen LogP contribution in [0.25, 0.3) is 0 Å². The van der Waals surface area contributed by atoms with E-state index in [1.807, 2.05) is 37.3 Å². The number of rotatable bonds is 2. The van der Waals surface area contributed by atoms with Crippen molar-refractivity contribution >= 4 is 23.2 Å². The van der Waals surface area contributed by atoms with Crippen molar-refractivity contribution in [3.8, 4) is 0 Å². The molecule has 2 aromatic carbocycles. The lowest BCUT2D eigenvalue weighted by atomic mass is 9.82. The van der Waals surface area contributed by atoms with Gasteiger partial charge in [-0.05, 0) is 55.0 Å². The summed E-state index contributed by atoms with van der Waals surface area (Å²) in [4.78, 5) is 12.6. The largest absolute Gasteiger partial charge is 0.325 e. The number of amides is 1. The van der Waals surface area contributed by atoms with Gasteiger partial charge in [0.25, 0.3) is 0 Å². The summed E-state index contributed by atoms with van der Waals surface area (Å²) in [7, 11) is 0. The molecule has 2 aromatic rings. The van der Waals surface area contributed by atoms with Crippen LogP contribution in [-0.4, -0.2) is 5.91 Å². The van der Waals surface area contributed by atoms with Crippen molar-refractivity contribution in [2.24, 2.45) is 0 Å². The van der Waals surface area contributed by atoms with Crippen molar-refractivity contribution in [3.63, 3.8) is 0 Å². The van der Waals surface area contributed by atoms with Crippen LogP contribution >= 0.6 is 11.6 Å². The number of nitrogens with one attached hydrogen (secondary N) is 1. The molecular formula is C18H18ClNO. The molecule has 0 aliphatic heterocycles. The Hall–Kier alpha value is -1.80. The van der Waals surface area contributed by atoms with Crippen LogP contribution in [0.3, 0.4) is 0 Å². The molecule has 21 heavy (non-hydrogen) atoms. The third-order valence-electron chi connectivity index (χ3n) is 4.21. The Balaban J connectivity index is 1.85. The van der Waals surface area contributed by atoms with Crippen molar-refractivity contribution in [1.82, 2.24) is 0 Å². The summed E-state index contributed by atoms with van der Waals surface area (Å²) in [6, 6.07) is 13.8. The maximum absolute atomic E-state index is 12.6. The van der Waals surface area contributed by atoms with Gasteiger partial charge in [0.05, 0.1) is 5.92 Å². The molecule has 0 saturated heterocycles. The van der Waals surface area contributed by atoms with E-state index >= 15 is 0 Å². The SMILES string of the molecule is Cc1c(Cl)cccc1NC(=O)C1CCCc2ccccc21. The summed E-state index contributed by atoms with van der Waals surface area (Å²) in [6.45, 7) is 1.92. The minimum absolute atomic E-state index is 0.0617. The highest BCUT2D eigenvalue weighted by atomic mass is 35.5. The number of carbonyl (C=O) groups is 1. The maximum atomic E-state index is 12.6.